The molecule has 2 unspecified atom stereocenters. The molecule has 0 aliphatic carbocycles. The average Bonchev–Trinajstić information content (AvgIpc) is 3.29. The molecule has 2 heterocycles. The SMILES string of the molecule is CCOC(=O)CCCCCCNC1c2ccccc2N(CCOCCCNC2c3ccccc3N(C)S(=O)(=O)c3ccc(Cl)cc32)S(=O)(=O)c2ccc(Cl)cc21. The summed E-state index contributed by atoms with van der Waals surface area (Å²) in [6, 6.07) is 23.7. The zero-order valence-electron chi connectivity index (χ0n) is 31.5. The van der Waals surface area contributed by atoms with Gasteiger partial charge in [0, 0.05) is 30.1 Å². The number of hydrogen-bond donors (Lipinski definition) is 2. The van der Waals surface area contributed by atoms with Crippen LogP contribution in [0.15, 0.2) is 94.7 Å². The van der Waals surface area contributed by atoms with E-state index >= 15 is 0 Å². The van der Waals surface area contributed by atoms with Crippen molar-refractivity contribution in [1.29, 1.82) is 0 Å². The lowest BCUT2D eigenvalue weighted by Crippen LogP contribution is -2.34. The van der Waals surface area contributed by atoms with Gasteiger partial charge in [0.05, 0.1) is 53.0 Å². The predicted octanol–water partition coefficient (Wildman–Crippen LogP) is 7.62. The summed E-state index contributed by atoms with van der Waals surface area (Å²) in [5, 5.41) is 8.01. The fourth-order valence-corrected chi connectivity index (χ4v) is 10.9. The second-order valence-corrected chi connectivity index (χ2v) is 18.4. The van der Waals surface area contributed by atoms with Crippen LogP contribution in [-0.4, -0.2) is 69.3 Å². The number of sulfonamides is 2. The fourth-order valence-electron chi connectivity index (χ4n) is 7.38. The van der Waals surface area contributed by atoms with Crippen LogP contribution in [0.1, 0.15) is 79.8 Å². The van der Waals surface area contributed by atoms with Gasteiger partial charge in [-0.05, 0) is 110 Å². The quantitative estimate of drug-likeness (QED) is 0.0814. The van der Waals surface area contributed by atoms with E-state index in [9.17, 15) is 21.6 Å². The molecular formula is C41H48Cl2N4O7S2. The van der Waals surface area contributed by atoms with Crippen LogP contribution in [0, 0.1) is 0 Å². The molecule has 15 heteroatoms. The number of anilines is 2. The molecule has 0 bridgehead atoms. The van der Waals surface area contributed by atoms with Crippen molar-refractivity contribution in [1.82, 2.24) is 10.6 Å². The molecule has 0 amide bonds. The smallest absolute Gasteiger partial charge is 0.305 e. The molecule has 2 N–H and O–H groups in total. The minimum atomic E-state index is -3.99. The molecule has 56 heavy (non-hydrogen) atoms. The number of nitrogens with one attached hydrogen (secondary N) is 2. The Labute approximate surface area is 340 Å². The van der Waals surface area contributed by atoms with Crippen LogP contribution < -0.4 is 19.2 Å². The van der Waals surface area contributed by atoms with Gasteiger partial charge in [-0.15, -0.1) is 0 Å². The zero-order valence-corrected chi connectivity index (χ0v) is 34.7. The molecule has 0 radical (unpaired) electrons. The van der Waals surface area contributed by atoms with Crippen molar-refractivity contribution in [2.45, 2.75) is 67.3 Å². The largest absolute Gasteiger partial charge is 0.466 e. The van der Waals surface area contributed by atoms with Crippen LogP contribution in [0.5, 0.6) is 0 Å². The normalized spacial score (nSPS) is 17.9. The molecular weight excluding hydrogens is 796 g/mol. The molecule has 0 saturated heterocycles. The summed E-state index contributed by atoms with van der Waals surface area (Å²) >= 11 is 12.8. The molecule has 2 atom stereocenters. The van der Waals surface area contributed by atoms with E-state index in [4.69, 9.17) is 32.7 Å². The summed E-state index contributed by atoms with van der Waals surface area (Å²) in [6.07, 6.45) is 4.40. The van der Waals surface area contributed by atoms with Gasteiger partial charge in [0.25, 0.3) is 20.0 Å². The maximum absolute atomic E-state index is 14.4. The van der Waals surface area contributed by atoms with Crippen LogP contribution >= 0.6 is 23.2 Å². The van der Waals surface area contributed by atoms with Gasteiger partial charge < -0.3 is 20.1 Å². The van der Waals surface area contributed by atoms with Gasteiger partial charge in [-0.3, -0.25) is 13.4 Å². The van der Waals surface area contributed by atoms with E-state index in [0.29, 0.717) is 71.7 Å². The molecule has 4 aromatic carbocycles. The van der Waals surface area contributed by atoms with Crippen molar-refractivity contribution in [2.75, 3.05) is 55.1 Å². The second-order valence-electron chi connectivity index (χ2n) is 13.7. The van der Waals surface area contributed by atoms with Crippen molar-refractivity contribution in [3.05, 3.63) is 117 Å². The first-order valence-electron chi connectivity index (χ1n) is 18.9. The highest BCUT2D eigenvalue weighted by Crippen LogP contribution is 2.43. The summed E-state index contributed by atoms with van der Waals surface area (Å²) in [4.78, 5) is 12.1. The Kier molecular flexibility index (Phi) is 14.0. The first-order chi connectivity index (χ1) is 26.9. The molecule has 4 aromatic rings. The molecule has 0 fully saturated rings. The maximum Gasteiger partial charge on any atom is 0.305 e. The number of halogens is 2. The Balaban J connectivity index is 1.10. The molecule has 11 nitrogen and oxygen atoms in total. The molecule has 0 aromatic heterocycles. The lowest BCUT2D eigenvalue weighted by molar-refractivity contribution is -0.143. The third-order valence-electron chi connectivity index (χ3n) is 10.1. The lowest BCUT2D eigenvalue weighted by atomic mass is 9.96. The third-order valence-corrected chi connectivity index (χ3v) is 14.3. The van der Waals surface area contributed by atoms with Crippen LogP contribution in [0.25, 0.3) is 0 Å². The van der Waals surface area contributed by atoms with Crippen molar-refractivity contribution >= 4 is 60.6 Å². The maximum atomic E-state index is 14.4. The summed E-state index contributed by atoms with van der Waals surface area (Å²) in [6.45, 7) is 3.89. The third kappa shape index (κ3) is 9.20. The van der Waals surface area contributed by atoms with E-state index in [-0.39, 0.29) is 28.9 Å². The van der Waals surface area contributed by atoms with E-state index < -0.39 is 32.1 Å². The van der Waals surface area contributed by atoms with Gasteiger partial charge in [0.15, 0.2) is 0 Å². The number of esters is 1. The number of rotatable bonds is 17. The van der Waals surface area contributed by atoms with Gasteiger partial charge in [-0.25, -0.2) is 16.8 Å². The number of carbonyl (C=O) groups excluding carboxylic acids is 1. The minimum Gasteiger partial charge on any atom is -0.466 e. The van der Waals surface area contributed by atoms with Crippen molar-refractivity contribution in [3.8, 4) is 0 Å². The van der Waals surface area contributed by atoms with Crippen molar-refractivity contribution in [2.24, 2.45) is 0 Å². The first kappa shape index (κ1) is 41.9. The number of hydrogen-bond acceptors (Lipinski definition) is 9. The molecule has 2 aliphatic rings. The molecule has 0 saturated carbocycles. The van der Waals surface area contributed by atoms with Crippen molar-refractivity contribution in [3.63, 3.8) is 0 Å². The van der Waals surface area contributed by atoms with E-state index in [1.54, 1.807) is 56.4 Å². The monoisotopic (exact) mass is 842 g/mol. The summed E-state index contributed by atoms with van der Waals surface area (Å²) in [5.41, 5.74) is 3.94. The number of para-hydroxylation sites is 2. The number of nitrogens with zero attached hydrogens (tertiary/aromatic N) is 2. The molecule has 2 aliphatic heterocycles. The van der Waals surface area contributed by atoms with E-state index in [2.05, 4.69) is 10.6 Å². The van der Waals surface area contributed by atoms with Crippen LogP contribution in [0.2, 0.25) is 10.0 Å². The Morgan fingerprint density at radius 2 is 1.23 bits per heavy atom. The van der Waals surface area contributed by atoms with E-state index in [0.717, 1.165) is 36.8 Å². The highest BCUT2D eigenvalue weighted by Gasteiger charge is 2.37. The number of ether oxygens (including phenoxy) is 2. The van der Waals surface area contributed by atoms with Gasteiger partial charge in [-0.1, -0.05) is 72.4 Å². The average molecular weight is 844 g/mol. The number of carbonyl (C=O) groups is 1. The van der Waals surface area contributed by atoms with Crippen LogP contribution in [0.4, 0.5) is 11.4 Å². The van der Waals surface area contributed by atoms with Gasteiger partial charge >= 0.3 is 5.97 Å². The van der Waals surface area contributed by atoms with Gasteiger partial charge in [0.1, 0.15) is 0 Å². The van der Waals surface area contributed by atoms with Crippen LogP contribution in [-0.2, 0) is 34.3 Å². The number of benzene rings is 4. The van der Waals surface area contributed by atoms with Gasteiger partial charge in [-0.2, -0.15) is 0 Å². The highest BCUT2D eigenvalue weighted by molar-refractivity contribution is 7.93. The highest BCUT2D eigenvalue weighted by atomic mass is 35.5. The van der Waals surface area contributed by atoms with E-state index in [1.165, 1.54) is 8.61 Å². The molecule has 300 valence electrons. The van der Waals surface area contributed by atoms with Gasteiger partial charge in [0.2, 0.25) is 0 Å². The number of unbranched alkanes of at least 4 members (excludes halogenated alkanes) is 3. The molecule has 0 spiro atoms. The predicted molar refractivity (Wildman–Crippen MR) is 221 cm³/mol. The Morgan fingerprint density at radius 1 is 0.679 bits per heavy atom. The van der Waals surface area contributed by atoms with Crippen LogP contribution in [0.3, 0.4) is 0 Å². The zero-order chi connectivity index (χ0) is 39.9. The number of fused-ring (bicyclic) bond motifs is 4. The topological polar surface area (TPSA) is 134 Å². The van der Waals surface area contributed by atoms with Crippen molar-refractivity contribution < 1.29 is 31.1 Å². The summed E-state index contributed by atoms with van der Waals surface area (Å²) < 4.78 is 69.6. The first-order valence-corrected chi connectivity index (χ1v) is 22.6. The second kappa shape index (κ2) is 18.7. The standard InChI is InChI=1S/C41H48Cl2N4O7S2/c1-3-54-39(48)17-6-4-5-11-22-44-41-32-14-8-10-16-36(32)47(56(51,52)38-21-19-30(43)28-34(38)41)24-26-53-25-12-23-45-40-31-13-7-9-15-35(31)46(2)55(49,50)37-20-18-29(42)27-33(37)40/h7-10,13-16,18-21,27-28,40-41,44-45H,3-6,11-12,17,22-26H2,1-2H3. The summed E-state index contributed by atoms with van der Waals surface area (Å²) in [5.74, 6) is -0.175. The lowest BCUT2D eigenvalue weighted by Gasteiger charge is -2.25. The Hall–Kier alpha value is -3.69. The summed E-state index contributed by atoms with van der Waals surface area (Å²) in [7, 11) is -6.25. The van der Waals surface area contributed by atoms with E-state index in [1.807, 2.05) is 42.5 Å². The fraction of sp³-hybridized carbons (Fsp3) is 0.390. The Bertz CT molecular complexity index is 2240. The Morgan fingerprint density at radius 3 is 1.88 bits per heavy atom. The molecule has 6 rings (SSSR count). The minimum absolute atomic E-state index is 0.0914.